The van der Waals surface area contributed by atoms with Crippen molar-refractivity contribution in [1.82, 2.24) is 5.32 Å². The topological polar surface area (TPSA) is 61.7 Å². The molecule has 0 aromatic carbocycles. The van der Waals surface area contributed by atoms with Gasteiger partial charge in [-0.05, 0) is 45.1 Å². The SMILES string of the molecule is CC1=CCC(C(C)(C)NC(=O)C(C)C)CC1=NO. The third-order valence-electron chi connectivity index (χ3n) is 3.71. The van der Waals surface area contributed by atoms with E-state index in [1.807, 2.05) is 34.6 Å². The lowest BCUT2D eigenvalue weighted by Crippen LogP contribution is -2.51. The molecule has 1 rings (SSSR count). The Kier molecular flexibility index (Phi) is 4.54. The highest BCUT2D eigenvalue weighted by atomic mass is 16.4. The summed E-state index contributed by atoms with van der Waals surface area (Å²) in [5.74, 6) is 0.305. The van der Waals surface area contributed by atoms with E-state index in [9.17, 15) is 4.79 Å². The van der Waals surface area contributed by atoms with E-state index >= 15 is 0 Å². The van der Waals surface area contributed by atoms with Gasteiger partial charge in [-0.15, -0.1) is 0 Å². The maximum Gasteiger partial charge on any atom is 0.222 e. The maximum atomic E-state index is 11.8. The third kappa shape index (κ3) is 3.34. The monoisotopic (exact) mass is 252 g/mol. The van der Waals surface area contributed by atoms with Gasteiger partial charge in [0.15, 0.2) is 0 Å². The molecule has 0 spiro atoms. The molecule has 4 nitrogen and oxygen atoms in total. The van der Waals surface area contributed by atoms with Crippen LogP contribution in [0.25, 0.3) is 0 Å². The van der Waals surface area contributed by atoms with Crippen LogP contribution < -0.4 is 5.32 Å². The Balaban J connectivity index is 2.78. The molecule has 1 aliphatic carbocycles. The summed E-state index contributed by atoms with van der Waals surface area (Å²) >= 11 is 0. The van der Waals surface area contributed by atoms with Gasteiger partial charge in [-0.25, -0.2) is 0 Å². The predicted octanol–water partition coefficient (Wildman–Crippen LogP) is 2.72. The fourth-order valence-corrected chi connectivity index (χ4v) is 2.15. The molecule has 0 fully saturated rings. The number of rotatable bonds is 3. The van der Waals surface area contributed by atoms with Gasteiger partial charge in [0.25, 0.3) is 0 Å². The number of allylic oxidation sites excluding steroid dienone is 2. The average Bonchev–Trinajstić information content (AvgIpc) is 2.28. The van der Waals surface area contributed by atoms with E-state index in [1.54, 1.807) is 0 Å². The molecule has 2 N–H and O–H groups in total. The highest BCUT2D eigenvalue weighted by molar-refractivity contribution is 6.00. The normalized spacial score (nSPS) is 23.1. The lowest BCUT2D eigenvalue weighted by atomic mass is 9.76. The number of oxime groups is 1. The predicted molar refractivity (Wildman–Crippen MR) is 72.8 cm³/mol. The van der Waals surface area contributed by atoms with Gasteiger partial charge in [0.05, 0.1) is 5.71 Å². The van der Waals surface area contributed by atoms with Gasteiger partial charge in [-0.3, -0.25) is 4.79 Å². The molecule has 1 aliphatic rings. The Hall–Kier alpha value is -1.32. The van der Waals surface area contributed by atoms with Gasteiger partial charge in [0.1, 0.15) is 0 Å². The number of amides is 1. The van der Waals surface area contributed by atoms with Crippen LogP contribution >= 0.6 is 0 Å². The fourth-order valence-electron chi connectivity index (χ4n) is 2.15. The first kappa shape index (κ1) is 14.7. The summed E-state index contributed by atoms with van der Waals surface area (Å²) in [6, 6.07) is 0. The molecule has 0 radical (unpaired) electrons. The molecule has 1 amide bonds. The maximum absolute atomic E-state index is 11.8. The zero-order valence-corrected chi connectivity index (χ0v) is 11.9. The lowest BCUT2D eigenvalue weighted by molar-refractivity contribution is -0.126. The van der Waals surface area contributed by atoms with E-state index in [-0.39, 0.29) is 23.3 Å². The summed E-state index contributed by atoms with van der Waals surface area (Å²) in [4.78, 5) is 11.8. The van der Waals surface area contributed by atoms with Crippen LogP contribution in [-0.4, -0.2) is 22.4 Å². The number of carbonyl (C=O) groups is 1. The minimum Gasteiger partial charge on any atom is -0.411 e. The molecule has 0 aliphatic heterocycles. The minimum absolute atomic E-state index is 0.0175. The van der Waals surface area contributed by atoms with E-state index in [0.717, 1.165) is 17.7 Å². The van der Waals surface area contributed by atoms with Crippen LogP contribution in [0.5, 0.6) is 0 Å². The van der Waals surface area contributed by atoms with Gasteiger partial charge in [-0.2, -0.15) is 0 Å². The Bertz CT molecular complexity index is 381. The lowest BCUT2D eigenvalue weighted by Gasteiger charge is -2.37. The van der Waals surface area contributed by atoms with E-state index in [1.165, 1.54) is 0 Å². The zero-order valence-electron chi connectivity index (χ0n) is 11.9. The Morgan fingerprint density at radius 3 is 2.67 bits per heavy atom. The Morgan fingerprint density at radius 2 is 2.17 bits per heavy atom. The van der Waals surface area contributed by atoms with Gasteiger partial charge in [0.2, 0.25) is 5.91 Å². The van der Waals surface area contributed by atoms with Gasteiger partial charge in [-0.1, -0.05) is 25.1 Å². The van der Waals surface area contributed by atoms with Crippen molar-refractivity contribution in [2.24, 2.45) is 17.0 Å². The summed E-state index contributed by atoms with van der Waals surface area (Å²) < 4.78 is 0. The molecular weight excluding hydrogens is 228 g/mol. The molecule has 0 saturated heterocycles. The van der Waals surface area contributed by atoms with Crippen molar-refractivity contribution in [2.45, 2.75) is 53.0 Å². The van der Waals surface area contributed by atoms with Crippen LogP contribution in [-0.2, 0) is 4.79 Å². The molecule has 0 bridgehead atoms. The summed E-state index contributed by atoms with van der Waals surface area (Å²) in [6.45, 7) is 9.78. The average molecular weight is 252 g/mol. The summed E-state index contributed by atoms with van der Waals surface area (Å²) in [7, 11) is 0. The quantitative estimate of drug-likeness (QED) is 0.599. The first-order chi connectivity index (χ1) is 8.27. The molecule has 102 valence electrons. The summed E-state index contributed by atoms with van der Waals surface area (Å²) in [5.41, 5.74) is 1.45. The smallest absolute Gasteiger partial charge is 0.222 e. The standard InChI is InChI=1S/C14H24N2O2/c1-9(2)13(17)15-14(4,5)11-7-6-10(3)12(8-11)16-18/h6,9,11,18H,7-8H2,1-5H3,(H,15,17). The second kappa shape index (κ2) is 5.55. The van der Waals surface area contributed by atoms with Crippen LogP contribution in [0, 0.1) is 11.8 Å². The molecule has 4 heteroatoms. The molecule has 0 aromatic rings. The van der Waals surface area contributed by atoms with E-state index < -0.39 is 0 Å². The van der Waals surface area contributed by atoms with Crippen LogP contribution in [0.3, 0.4) is 0 Å². The first-order valence-corrected chi connectivity index (χ1v) is 6.48. The van der Waals surface area contributed by atoms with Crippen molar-refractivity contribution in [3.05, 3.63) is 11.6 Å². The number of hydrogen-bond acceptors (Lipinski definition) is 3. The molecule has 1 atom stereocenters. The van der Waals surface area contributed by atoms with Gasteiger partial charge >= 0.3 is 0 Å². The molecular formula is C14H24N2O2. The largest absolute Gasteiger partial charge is 0.411 e. The number of hydrogen-bond donors (Lipinski definition) is 2. The molecule has 0 saturated carbocycles. The van der Waals surface area contributed by atoms with Crippen molar-refractivity contribution in [3.8, 4) is 0 Å². The van der Waals surface area contributed by atoms with E-state index in [0.29, 0.717) is 6.42 Å². The van der Waals surface area contributed by atoms with Crippen LogP contribution in [0.2, 0.25) is 0 Å². The number of carbonyl (C=O) groups excluding carboxylic acids is 1. The van der Waals surface area contributed by atoms with Crippen LogP contribution in [0.15, 0.2) is 16.8 Å². The van der Waals surface area contributed by atoms with Crippen molar-refractivity contribution in [3.63, 3.8) is 0 Å². The van der Waals surface area contributed by atoms with Crippen molar-refractivity contribution in [1.29, 1.82) is 0 Å². The number of nitrogens with zero attached hydrogens (tertiary/aromatic N) is 1. The second-order valence-corrected chi connectivity index (χ2v) is 5.94. The van der Waals surface area contributed by atoms with Crippen LogP contribution in [0.1, 0.15) is 47.5 Å². The van der Waals surface area contributed by atoms with Gasteiger partial charge in [0, 0.05) is 11.5 Å². The Labute approximate surface area is 109 Å². The fraction of sp³-hybridized carbons (Fsp3) is 0.714. The van der Waals surface area contributed by atoms with E-state index in [2.05, 4.69) is 16.5 Å². The van der Waals surface area contributed by atoms with Crippen molar-refractivity contribution >= 4 is 11.6 Å². The third-order valence-corrected chi connectivity index (χ3v) is 3.71. The summed E-state index contributed by atoms with van der Waals surface area (Å²) in [6.07, 6.45) is 3.67. The molecule has 18 heavy (non-hydrogen) atoms. The Morgan fingerprint density at radius 1 is 1.56 bits per heavy atom. The molecule has 0 aromatic heterocycles. The highest BCUT2D eigenvalue weighted by Gasteiger charge is 2.34. The summed E-state index contributed by atoms with van der Waals surface area (Å²) in [5, 5.41) is 15.4. The second-order valence-electron chi connectivity index (χ2n) is 5.94. The first-order valence-electron chi connectivity index (χ1n) is 6.48. The molecule has 0 heterocycles. The van der Waals surface area contributed by atoms with Crippen molar-refractivity contribution < 1.29 is 10.0 Å². The number of nitrogens with one attached hydrogen (secondary N) is 1. The van der Waals surface area contributed by atoms with Crippen LogP contribution in [0.4, 0.5) is 0 Å². The minimum atomic E-state index is -0.297. The molecule has 1 unspecified atom stereocenters. The van der Waals surface area contributed by atoms with Gasteiger partial charge < -0.3 is 10.5 Å². The zero-order chi connectivity index (χ0) is 13.9. The highest BCUT2D eigenvalue weighted by Crippen LogP contribution is 2.30. The van der Waals surface area contributed by atoms with Crippen molar-refractivity contribution in [2.75, 3.05) is 0 Å². The van der Waals surface area contributed by atoms with E-state index in [4.69, 9.17) is 5.21 Å².